The van der Waals surface area contributed by atoms with Crippen LogP contribution in [-0.4, -0.2) is 65.6 Å². The van der Waals surface area contributed by atoms with Gasteiger partial charge in [0.1, 0.15) is 16.9 Å². The summed E-state index contributed by atoms with van der Waals surface area (Å²) >= 11 is 0. The van der Waals surface area contributed by atoms with Gasteiger partial charge in [-0.1, -0.05) is 26.0 Å². The Morgan fingerprint density at radius 2 is 1.70 bits per heavy atom. The van der Waals surface area contributed by atoms with E-state index in [0.29, 0.717) is 12.1 Å². The Bertz CT molecular complexity index is 1350. The molecule has 3 rings (SSSR count). The van der Waals surface area contributed by atoms with Gasteiger partial charge in [-0.15, -0.1) is 0 Å². The monoisotopic (exact) mass is 552 g/mol. The summed E-state index contributed by atoms with van der Waals surface area (Å²) in [5.41, 5.74) is 2.82. The third kappa shape index (κ3) is 7.40. The number of hydrogen-bond donors (Lipinski definition) is 1. The first-order chi connectivity index (χ1) is 18.6. The van der Waals surface area contributed by atoms with Gasteiger partial charge in [-0.3, -0.25) is 9.20 Å². The minimum Gasteiger partial charge on any atom is -0.497 e. The zero-order valence-corrected chi connectivity index (χ0v) is 25.5. The lowest BCUT2D eigenvalue weighted by atomic mass is 9.82. The van der Waals surface area contributed by atoms with Gasteiger partial charge in [0.25, 0.3) is 0 Å². The maximum absolute atomic E-state index is 13.6. The number of rotatable bonds is 10. The van der Waals surface area contributed by atoms with Crippen LogP contribution in [-0.2, 0) is 26.2 Å². The van der Waals surface area contributed by atoms with Crippen LogP contribution in [0.5, 0.6) is 5.75 Å². The number of carbonyl (C=O) groups excluding carboxylic acids is 2. The summed E-state index contributed by atoms with van der Waals surface area (Å²) in [5.74, 6) is 0.351. The van der Waals surface area contributed by atoms with E-state index in [-0.39, 0.29) is 12.6 Å². The SMILES string of the molecule is COc1ccc(Cn2c(/C(=C/N(C)C)C(=O)OC(C)C)c(C(C)(C)CNC(=O)OC(C)(C)C)c3cccn32)cc1. The molecule has 2 aromatic heterocycles. The molecule has 9 heteroatoms. The number of esters is 1. The Hall–Kier alpha value is -3.88. The second kappa shape index (κ2) is 12.1. The molecule has 0 fully saturated rings. The molecular weight excluding hydrogens is 508 g/mol. The van der Waals surface area contributed by atoms with E-state index in [4.69, 9.17) is 14.2 Å². The number of nitrogens with zero attached hydrogens (tertiary/aromatic N) is 3. The molecule has 0 aliphatic carbocycles. The molecule has 0 saturated heterocycles. The first-order valence-electron chi connectivity index (χ1n) is 13.5. The van der Waals surface area contributed by atoms with Gasteiger partial charge in [-0.05, 0) is 64.4 Å². The molecule has 3 aromatic rings. The molecule has 0 atom stereocenters. The number of methoxy groups -OCH3 is 1. The van der Waals surface area contributed by atoms with Crippen LogP contribution < -0.4 is 10.1 Å². The van der Waals surface area contributed by atoms with Crippen molar-refractivity contribution in [2.75, 3.05) is 27.7 Å². The van der Waals surface area contributed by atoms with Crippen LogP contribution in [0.15, 0.2) is 48.8 Å². The molecule has 9 nitrogen and oxygen atoms in total. The van der Waals surface area contributed by atoms with Crippen LogP contribution in [0, 0.1) is 0 Å². The highest BCUT2D eigenvalue weighted by molar-refractivity contribution is 6.17. The number of fused-ring (bicyclic) bond motifs is 1. The maximum atomic E-state index is 13.6. The standard InChI is InChI=1S/C31H44N4O5/c1-21(2)39-28(36)24(19-33(8)9)27-26(31(6,7)20-32-29(37)40-30(3,4)5)25-12-11-17-34(25)35(27)18-22-13-15-23(38-10)16-14-22/h11-17,19,21H,18,20H2,1-10H3,(H,32,37)/b24-19-. The molecule has 0 spiro atoms. The van der Waals surface area contributed by atoms with Crippen molar-refractivity contribution >= 4 is 23.2 Å². The van der Waals surface area contributed by atoms with Crippen molar-refractivity contribution in [2.45, 2.75) is 72.1 Å². The summed E-state index contributed by atoms with van der Waals surface area (Å²) < 4.78 is 20.7. The third-order valence-corrected chi connectivity index (χ3v) is 6.19. The van der Waals surface area contributed by atoms with Crippen LogP contribution in [0.25, 0.3) is 11.1 Å². The van der Waals surface area contributed by atoms with E-state index in [9.17, 15) is 9.59 Å². The van der Waals surface area contributed by atoms with E-state index >= 15 is 0 Å². The van der Waals surface area contributed by atoms with Crippen molar-refractivity contribution in [3.8, 4) is 5.75 Å². The summed E-state index contributed by atoms with van der Waals surface area (Å²) in [5, 5.41) is 2.94. The number of aromatic nitrogens is 2. The molecule has 1 N–H and O–H groups in total. The van der Waals surface area contributed by atoms with Gasteiger partial charge in [-0.2, -0.15) is 0 Å². The summed E-state index contributed by atoms with van der Waals surface area (Å²) in [6.07, 6.45) is 2.99. The van der Waals surface area contributed by atoms with Crippen molar-refractivity contribution in [2.24, 2.45) is 0 Å². The fourth-order valence-corrected chi connectivity index (χ4v) is 4.58. The first-order valence-corrected chi connectivity index (χ1v) is 13.5. The predicted octanol–water partition coefficient (Wildman–Crippen LogP) is 5.45. The van der Waals surface area contributed by atoms with Gasteiger partial charge >= 0.3 is 12.1 Å². The zero-order chi connectivity index (χ0) is 29.8. The second-order valence-electron chi connectivity index (χ2n) is 12.1. The van der Waals surface area contributed by atoms with Gasteiger partial charge in [0.05, 0.1) is 31.0 Å². The highest BCUT2D eigenvalue weighted by Gasteiger charge is 2.35. The van der Waals surface area contributed by atoms with Gasteiger partial charge in [0, 0.05) is 44.0 Å². The van der Waals surface area contributed by atoms with E-state index in [0.717, 1.165) is 28.1 Å². The number of carbonyl (C=O) groups is 2. The maximum Gasteiger partial charge on any atom is 0.407 e. The van der Waals surface area contributed by atoms with Gasteiger partial charge in [-0.25, -0.2) is 9.59 Å². The number of ether oxygens (including phenoxy) is 3. The average Bonchev–Trinajstić information content (AvgIpc) is 3.42. The summed E-state index contributed by atoms with van der Waals surface area (Å²) in [7, 11) is 5.39. The Kier molecular flexibility index (Phi) is 9.28. The van der Waals surface area contributed by atoms with Crippen LogP contribution in [0.2, 0.25) is 0 Å². The summed E-state index contributed by atoms with van der Waals surface area (Å²) in [6.45, 7) is 14.0. The summed E-state index contributed by atoms with van der Waals surface area (Å²) in [6, 6.07) is 11.9. The molecule has 0 aliphatic heterocycles. The molecule has 1 aromatic carbocycles. The first kappa shape index (κ1) is 30.7. The van der Waals surface area contributed by atoms with Crippen LogP contribution in [0.3, 0.4) is 0 Å². The van der Waals surface area contributed by atoms with E-state index in [2.05, 4.69) is 28.4 Å². The van der Waals surface area contributed by atoms with Crippen molar-refractivity contribution < 1.29 is 23.8 Å². The van der Waals surface area contributed by atoms with Crippen LogP contribution in [0.4, 0.5) is 4.79 Å². The quantitative estimate of drug-likeness (QED) is 0.266. The normalized spacial score (nSPS) is 12.5. The molecule has 0 unspecified atom stereocenters. The van der Waals surface area contributed by atoms with E-state index in [1.165, 1.54) is 0 Å². The topological polar surface area (TPSA) is 86.4 Å². The number of benzene rings is 1. The molecule has 218 valence electrons. The number of amides is 1. The molecule has 2 heterocycles. The molecule has 0 bridgehead atoms. The van der Waals surface area contributed by atoms with E-state index in [1.54, 1.807) is 13.3 Å². The van der Waals surface area contributed by atoms with Gasteiger partial charge in [0.2, 0.25) is 0 Å². The molecule has 1 amide bonds. The number of hydrogen-bond acceptors (Lipinski definition) is 6. The highest BCUT2D eigenvalue weighted by Crippen LogP contribution is 2.37. The zero-order valence-electron chi connectivity index (χ0n) is 25.5. The molecule has 0 radical (unpaired) electrons. The number of alkyl carbamates (subject to hydrolysis) is 1. The lowest BCUT2D eigenvalue weighted by Gasteiger charge is -2.28. The minimum atomic E-state index is -0.613. The third-order valence-electron chi connectivity index (χ3n) is 6.19. The lowest BCUT2D eigenvalue weighted by molar-refractivity contribution is -0.140. The molecule has 40 heavy (non-hydrogen) atoms. The Morgan fingerprint density at radius 1 is 1.05 bits per heavy atom. The van der Waals surface area contributed by atoms with E-state index in [1.807, 2.05) is 96.2 Å². The Balaban J connectivity index is 2.23. The molecule has 0 aliphatic rings. The summed E-state index contributed by atoms with van der Waals surface area (Å²) in [4.78, 5) is 28.1. The molecular formula is C31H44N4O5. The average molecular weight is 553 g/mol. The van der Waals surface area contributed by atoms with Crippen molar-refractivity contribution in [1.82, 2.24) is 19.4 Å². The van der Waals surface area contributed by atoms with Crippen molar-refractivity contribution in [1.29, 1.82) is 0 Å². The minimum absolute atomic E-state index is 0.288. The van der Waals surface area contributed by atoms with Crippen LogP contribution in [0.1, 0.15) is 65.3 Å². The van der Waals surface area contributed by atoms with Crippen LogP contribution >= 0.6 is 0 Å². The van der Waals surface area contributed by atoms with E-state index < -0.39 is 23.1 Å². The Labute approximate surface area is 237 Å². The van der Waals surface area contributed by atoms with Crippen molar-refractivity contribution in [3.05, 3.63) is 65.6 Å². The van der Waals surface area contributed by atoms with Gasteiger partial charge in [0.15, 0.2) is 0 Å². The predicted molar refractivity (Wildman–Crippen MR) is 158 cm³/mol. The van der Waals surface area contributed by atoms with Gasteiger partial charge < -0.3 is 24.4 Å². The fraction of sp³-hybridized carbons (Fsp3) is 0.484. The fourth-order valence-electron chi connectivity index (χ4n) is 4.58. The Morgan fingerprint density at radius 3 is 2.25 bits per heavy atom. The smallest absolute Gasteiger partial charge is 0.407 e. The lowest BCUT2D eigenvalue weighted by Crippen LogP contribution is -2.40. The molecule has 0 saturated carbocycles. The number of nitrogens with one attached hydrogen (secondary N) is 1. The highest BCUT2D eigenvalue weighted by atomic mass is 16.6. The largest absolute Gasteiger partial charge is 0.497 e. The van der Waals surface area contributed by atoms with Crippen molar-refractivity contribution in [3.63, 3.8) is 0 Å². The second-order valence-corrected chi connectivity index (χ2v) is 12.1.